The summed E-state index contributed by atoms with van der Waals surface area (Å²) >= 11 is 1.26. The fourth-order valence-corrected chi connectivity index (χ4v) is 3.95. The molecule has 2 rings (SSSR count). The van der Waals surface area contributed by atoms with Crippen molar-refractivity contribution in [1.82, 2.24) is 19.1 Å². The molecular formula is C17H23N5O3S2. The molecule has 27 heavy (non-hydrogen) atoms. The number of carbonyl (C=O) groups is 1. The summed E-state index contributed by atoms with van der Waals surface area (Å²) in [6.07, 6.45) is 1.74. The fraction of sp³-hybridized carbons (Fsp3) is 0.353. The van der Waals surface area contributed by atoms with Gasteiger partial charge in [-0.05, 0) is 31.5 Å². The lowest BCUT2D eigenvalue weighted by Crippen LogP contribution is -2.22. The van der Waals surface area contributed by atoms with Gasteiger partial charge in [-0.25, -0.2) is 12.7 Å². The van der Waals surface area contributed by atoms with Crippen LogP contribution in [0.4, 0.5) is 5.69 Å². The van der Waals surface area contributed by atoms with E-state index >= 15 is 0 Å². The molecule has 0 bridgehead atoms. The number of thioether (sulfide) groups is 1. The summed E-state index contributed by atoms with van der Waals surface area (Å²) in [4.78, 5) is 12.5. The molecule has 1 N–H and O–H groups in total. The van der Waals surface area contributed by atoms with Crippen LogP contribution < -0.4 is 5.32 Å². The Morgan fingerprint density at radius 1 is 1.33 bits per heavy atom. The van der Waals surface area contributed by atoms with Gasteiger partial charge in [0.15, 0.2) is 5.16 Å². The average Bonchev–Trinajstić information content (AvgIpc) is 2.95. The predicted octanol–water partition coefficient (Wildman–Crippen LogP) is 2.06. The maximum Gasteiger partial charge on any atom is 0.242 e. The van der Waals surface area contributed by atoms with Crippen LogP contribution in [0.2, 0.25) is 0 Å². The highest BCUT2D eigenvalue weighted by atomic mass is 32.2. The summed E-state index contributed by atoms with van der Waals surface area (Å²) in [6.45, 7) is 7.90. The molecule has 0 saturated heterocycles. The lowest BCUT2D eigenvalue weighted by atomic mass is 10.2. The van der Waals surface area contributed by atoms with Crippen LogP contribution in [0.25, 0.3) is 0 Å². The molecule has 0 radical (unpaired) electrons. The summed E-state index contributed by atoms with van der Waals surface area (Å²) in [6, 6.07) is 4.66. The first-order chi connectivity index (χ1) is 12.7. The largest absolute Gasteiger partial charge is 0.325 e. The smallest absolute Gasteiger partial charge is 0.242 e. The van der Waals surface area contributed by atoms with Gasteiger partial charge < -0.3 is 9.88 Å². The highest BCUT2D eigenvalue weighted by Crippen LogP contribution is 2.23. The van der Waals surface area contributed by atoms with E-state index in [2.05, 4.69) is 22.1 Å². The third-order valence-electron chi connectivity index (χ3n) is 3.81. The van der Waals surface area contributed by atoms with E-state index in [-0.39, 0.29) is 16.6 Å². The van der Waals surface area contributed by atoms with Crippen molar-refractivity contribution >= 4 is 33.4 Å². The van der Waals surface area contributed by atoms with Crippen molar-refractivity contribution in [3.05, 3.63) is 42.2 Å². The van der Waals surface area contributed by atoms with Crippen LogP contribution in [0.5, 0.6) is 0 Å². The van der Waals surface area contributed by atoms with Crippen molar-refractivity contribution in [2.24, 2.45) is 0 Å². The van der Waals surface area contributed by atoms with Gasteiger partial charge >= 0.3 is 0 Å². The first kappa shape index (κ1) is 21.1. The van der Waals surface area contributed by atoms with E-state index in [4.69, 9.17) is 0 Å². The van der Waals surface area contributed by atoms with Crippen molar-refractivity contribution in [1.29, 1.82) is 0 Å². The van der Waals surface area contributed by atoms with E-state index in [1.165, 1.54) is 38.0 Å². The molecular weight excluding hydrogens is 386 g/mol. The van der Waals surface area contributed by atoms with Gasteiger partial charge in [0.1, 0.15) is 5.82 Å². The topological polar surface area (TPSA) is 97.2 Å². The van der Waals surface area contributed by atoms with Crippen LogP contribution in [0.1, 0.15) is 11.4 Å². The number of rotatable bonds is 8. The van der Waals surface area contributed by atoms with Crippen LogP contribution in [-0.2, 0) is 21.4 Å². The maximum atomic E-state index is 12.3. The highest BCUT2D eigenvalue weighted by molar-refractivity contribution is 7.99. The van der Waals surface area contributed by atoms with Gasteiger partial charge in [-0.15, -0.1) is 16.8 Å². The second-order valence-corrected chi connectivity index (χ2v) is 9.12. The number of nitrogens with one attached hydrogen (secondary N) is 1. The molecule has 0 aliphatic rings. The molecule has 0 atom stereocenters. The molecule has 0 spiro atoms. The number of hydrogen-bond donors (Lipinski definition) is 1. The molecule has 0 aliphatic carbocycles. The summed E-state index contributed by atoms with van der Waals surface area (Å²) in [7, 11) is -0.643. The average molecular weight is 410 g/mol. The van der Waals surface area contributed by atoms with E-state index in [0.717, 1.165) is 15.7 Å². The van der Waals surface area contributed by atoms with Gasteiger partial charge in [-0.2, -0.15) is 0 Å². The Bertz CT molecular complexity index is 951. The normalized spacial score (nSPS) is 11.6. The monoisotopic (exact) mass is 409 g/mol. The fourth-order valence-electron chi connectivity index (χ4n) is 2.23. The van der Waals surface area contributed by atoms with E-state index in [1.807, 2.05) is 11.5 Å². The molecule has 0 unspecified atom stereocenters. The molecule has 1 amide bonds. The molecule has 1 aromatic heterocycles. The van der Waals surface area contributed by atoms with E-state index in [1.54, 1.807) is 19.1 Å². The molecule has 0 fully saturated rings. The van der Waals surface area contributed by atoms with Crippen LogP contribution in [-0.4, -0.2) is 53.2 Å². The zero-order valence-electron chi connectivity index (χ0n) is 15.8. The van der Waals surface area contributed by atoms with E-state index < -0.39 is 10.0 Å². The van der Waals surface area contributed by atoms with Crippen molar-refractivity contribution in [3.8, 4) is 0 Å². The highest BCUT2D eigenvalue weighted by Gasteiger charge is 2.19. The summed E-state index contributed by atoms with van der Waals surface area (Å²) in [5.41, 5.74) is 1.24. The first-order valence-electron chi connectivity index (χ1n) is 8.13. The number of aryl methyl sites for hydroxylation is 2. The third-order valence-corrected chi connectivity index (χ3v) is 6.59. The van der Waals surface area contributed by atoms with Gasteiger partial charge in [0.05, 0.1) is 10.6 Å². The minimum atomic E-state index is -3.57. The molecule has 146 valence electrons. The molecule has 10 heteroatoms. The van der Waals surface area contributed by atoms with Gasteiger partial charge in [-0.3, -0.25) is 4.79 Å². The predicted molar refractivity (Wildman–Crippen MR) is 106 cm³/mol. The summed E-state index contributed by atoms with van der Waals surface area (Å²) in [5, 5.41) is 11.5. The molecule has 1 heterocycles. The second kappa shape index (κ2) is 8.68. The van der Waals surface area contributed by atoms with Crippen molar-refractivity contribution in [3.63, 3.8) is 0 Å². The molecule has 0 aliphatic heterocycles. The third kappa shape index (κ3) is 4.96. The van der Waals surface area contributed by atoms with Gasteiger partial charge in [0.25, 0.3) is 0 Å². The Kier molecular flexibility index (Phi) is 6.79. The number of aromatic nitrogens is 3. The first-order valence-corrected chi connectivity index (χ1v) is 10.6. The molecule has 8 nitrogen and oxygen atoms in total. The molecule has 2 aromatic rings. The van der Waals surface area contributed by atoms with Crippen LogP contribution >= 0.6 is 11.8 Å². The number of sulfonamides is 1. The second-order valence-electron chi connectivity index (χ2n) is 6.03. The number of anilines is 1. The van der Waals surface area contributed by atoms with Crippen molar-refractivity contribution in [2.75, 3.05) is 25.2 Å². The Labute approximate surface area is 163 Å². The van der Waals surface area contributed by atoms with E-state index in [0.29, 0.717) is 17.4 Å². The van der Waals surface area contributed by atoms with Gasteiger partial charge in [0, 0.05) is 26.3 Å². The number of hydrogen-bond acceptors (Lipinski definition) is 6. The Morgan fingerprint density at radius 2 is 2.04 bits per heavy atom. The quantitative estimate of drug-likeness (QED) is 0.529. The van der Waals surface area contributed by atoms with Crippen molar-refractivity contribution < 1.29 is 13.2 Å². The standard InChI is InChI=1S/C17H23N5O3S2/c1-6-9-22-13(3)19-20-17(22)26-11-16(23)18-15-10-14(8-7-12(15)2)27(24,25)21(4)5/h6-8,10H,1,9,11H2,2-5H3,(H,18,23). The Balaban J connectivity index is 2.11. The zero-order chi connectivity index (χ0) is 20.2. The number of benzene rings is 1. The van der Waals surface area contributed by atoms with Crippen LogP contribution in [0, 0.1) is 13.8 Å². The number of nitrogens with zero attached hydrogens (tertiary/aromatic N) is 4. The molecule has 0 saturated carbocycles. The Hall–Kier alpha value is -2.17. The minimum Gasteiger partial charge on any atom is -0.325 e. The van der Waals surface area contributed by atoms with Crippen LogP contribution in [0.3, 0.4) is 0 Å². The lowest BCUT2D eigenvalue weighted by Gasteiger charge is -2.14. The Morgan fingerprint density at radius 3 is 2.67 bits per heavy atom. The summed E-state index contributed by atoms with van der Waals surface area (Å²) < 4.78 is 27.5. The number of amides is 1. The van der Waals surface area contributed by atoms with Gasteiger partial charge in [-0.1, -0.05) is 23.9 Å². The minimum absolute atomic E-state index is 0.124. The van der Waals surface area contributed by atoms with Crippen LogP contribution in [0.15, 0.2) is 40.9 Å². The number of allylic oxidation sites excluding steroid dienone is 1. The maximum absolute atomic E-state index is 12.3. The summed E-state index contributed by atoms with van der Waals surface area (Å²) in [5.74, 6) is 0.614. The lowest BCUT2D eigenvalue weighted by molar-refractivity contribution is -0.113. The van der Waals surface area contributed by atoms with Gasteiger partial charge in [0.2, 0.25) is 15.9 Å². The molecule has 1 aromatic carbocycles. The van der Waals surface area contributed by atoms with Crippen molar-refractivity contribution in [2.45, 2.75) is 30.4 Å². The SMILES string of the molecule is C=CCn1c(C)nnc1SCC(=O)Nc1cc(S(=O)(=O)N(C)C)ccc1C. The zero-order valence-corrected chi connectivity index (χ0v) is 17.4. The number of carbonyl (C=O) groups excluding carboxylic acids is 1. The van der Waals surface area contributed by atoms with E-state index in [9.17, 15) is 13.2 Å².